The van der Waals surface area contributed by atoms with Crippen LogP contribution in [0.2, 0.25) is 0 Å². The lowest BCUT2D eigenvalue weighted by atomic mass is 10.0. The molecule has 1 atom stereocenters. The monoisotopic (exact) mass is 382 g/mol. The topological polar surface area (TPSA) is 87.9 Å². The maximum absolute atomic E-state index is 12.7. The van der Waals surface area contributed by atoms with Gasteiger partial charge in [0.25, 0.3) is 0 Å². The van der Waals surface area contributed by atoms with Gasteiger partial charge >= 0.3 is 6.03 Å². The molecule has 2 aromatic rings. The number of carbonyl (C=O) groups is 2. The van der Waals surface area contributed by atoms with Gasteiger partial charge in [0.15, 0.2) is 0 Å². The van der Waals surface area contributed by atoms with Gasteiger partial charge in [-0.15, -0.1) is 0 Å². The summed E-state index contributed by atoms with van der Waals surface area (Å²) in [5.41, 5.74) is 6.12. The first-order valence-electron chi connectivity index (χ1n) is 9.36. The van der Waals surface area contributed by atoms with Crippen LogP contribution >= 0.6 is 0 Å². The quantitative estimate of drug-likeness (QED) is 0.803. The predicted molar refractivity (Wildman–Crippen MR) is 107 cm³/mol. The Labute approximate surface area is 165 Å². The number of hydrogen-bond donors (Lipinski definition) is 2. The molecule has 1 aliphatic heterocycles. The molecule has 0 aromatic heterocycles. The van der Waals surface area contributed by atoms with Crippen LogP contribution in [-0.2, 0) is 4.79 Å². The van der Waals surface area contributed by atoms with Crippen molar-refractivity contribution in [2.24, 2.45) is 5.73 Å². The van der Waals surface area contributed by atoms with E-state index in [2.05, 4.69) is 10.2 Å². The molecule has 28 heavy (non-hydrogen) atoms. The smallest absolute Gasteiger partial charge is 0.312 e. The van der Waals surface area contributed by atoms with E-state index in [9.17, 15) is 9.59 Å². The fraction of sp³-hybridized carbons (Fsp3) is 0.333. The number of benzene rings is 2. The number of nitrogens with two attached hydrogens (primary N) is 1. The van der Waals surface area contributed by atoms with Crippen LogP contribution in [0.4, 0.5) is 4.79 Å². The Balaban J connectivity index is 1.73. The van der Waals surface area contributed by atoms with Gasteiger partial charge in [-0.2, -0.15) is 0 Å². The summed E-state index contributed by atoms with van der Waals surface area (Å²) in [7, 11) is 2.04. The normalized spacial score (nSPS) is 15.7. The first-order valence-corrected chi connectivity index (χ1v) is 9.36. The number of hydrogen-bond acceptors (Lipinski definition) is 4. The highest BCUT2D eigenvalue weighted by Crippen LogP contribution is 2.26. The van der Waals surface area contributed by atoms with Crippen LogP contribution in [-0.4, -0.2) is 55.0 Å². The number of likely N-dealkylation sites (N-methyl/N-ethyl adjacent to an activating group) is 1. The van der Waals surface area contributed by atoms with Gasteiger partial charge < -0.3 is 25.6 Å². The summed E-state index contributed by atoms with van der Waals surface area (Å²) in [5, 5.41) is 2.69. The van der Waals surface area contributed by atoms with Crippen molar-refractivity contribution in [2.75, 3.05) is 33.2 Å². The molecular formula is C21H26N4O3. The lowest BCUT2D eigenvalue weighted by Gasteiger charge is -2.33. The summed E-state index contributed by atoms with van der Waals surface area (Å²) >= 11 is 0. The first-order chi connectivity index (χ1) is 13.5. The highest BCUT2D eigenvalue weighted by atomic mass is 16.5. The van der Waals surface area contributed by atoms with Gasteiger partial charge in [0, 0.05) is 26.2 Å². The average Bonchev–Trinajstić information content (AvgIpc) is 2.68. The Morgan fingerprint density at radius 3 is 2.39 bits per heavy atom. The second-order valence-corrected chi connectivity index (χ2v) is 6.94. The maximum atomic E-state index is 12.7. The van der Waals surface area contributed by atoms with E-state index in [1.807, 2.05) is 66.5 Å². The third-order valence-electron chi connectivity index (χ3n) is 4.79. The van der Waals surface area contributed by atoms with Gasteiger partial charge in [-0.1, -0.05) is 30.3 Å². The molecular weight excluding hydrogens is 356 g/mol. The van der Waals surface area contributed by atoms with Gasteiger partial charge in [-0.05, 0) is 36.9 Å². The standard InChI is InChI=1S/C21H26N4O3/c1-24-10-12-25(13-11-24)20(26)15-19(23-21(22)27)16-6-5-9-18(14-16)28-17-7-3-2-4-8-17/h2-9,14,19H,10-13,15H2,1H3,(H3,22,23,27). The van der Waals surface area contributed by atoms with Crippen molar-refractivity contribution in [3.05, 3.63) is 60.2 Å². The molecule has 7 heteroatoms. The number of urea groups is 1. The summed E-state index contributed by atoms with van der Waals surface area (Å²) in [5.74, 6) is 1.35. The maximum Gasteiger partial charge on any atom is 0.312 e. The Morgan fingerprint density at radius 2 is 1.71 bits per heavy atom. The SMILES string of the molecule is CN1CCN(C(=O)CC(NC(N)=O)c2cccc(Oc3ccccc3)c2)CC1. The van der Waals surface area contributed by atoms with Crippen LogP contribution in [0.15, 0.2) is 54.6 Å². The Morgan fingerprint density at radius 1 is 1.04 bits per heavy atom. The predicted octanol–water partition coefficient (Wildman–Crippen LogP) is 2.35. The van der Waals surface area contributed by atoms with Crippen LogP contribution in [0.5, 0.6) is 11.5 Å². The van der Waals surface area contributed by atoms with Crippen LogP contribution in [0.3, 0.4) is 0 Å². The molecule has 2 aromatic carbocycles. The van der Waals surface area contributed by atoms with Gasteiger partial charge in [0.2, 0.25) is 5.91 Å². The number of nitrogens with one attached hydrogen (secondary N) is 1. The number of primary amides is 1. The highest BCUT2D eigenvalue weighted by Gasteiger charge is 2.24. The molecule has 7 nitrogen and oxygen atoms in total. The number of para-hydroxylation sites is 1. The van der Waals surface area contributed by atoms with E-state index in [1.165, 1.54) is 0 Å². The van der Waals surface area contributed by atoms with E-state index in [0.29, 0.717) is 24.6 Å². The van der Waals surface area contributed by atoms with Crippen molar-refractivity contribution in [1.29, 1.82) is 0 Å². The van der Waals surface area contributed by atoms with Crippen molar-refractivity contribution in [2.45, 2.75) is 12.5 Å². The summed E-state index contributed by atoms with van der Waals surface area (Å²) in [4.78, 5) is 28.3. The molecule has 3 rings (SSSR count). The van der Waals surface area contributed by atoms with E-state index >= 15 is 0 Å². The second kappa shape index (κ2) is 9.23. The van der Waals surface area contributed by atoms with Crippen molar-refractivity contribution in [1.82, 2.24) is 15.1 Å². The molecule has 0 radical (unpaired) electrons. The minimum absolute atomic E-state index is 0.00114. The minimum Gasteiger partial charge on any atom is -0.457 e. The molecule has 0 aliphatic carbocycles. The van der Waals surface area contributed by atoms with Crippen molar-refractivity contribution >= 4 is 11.9 Å². The van der Waals surface area contributed by atoms with Crippen molar-refractivity contribution in [3.8, 4) is 11.5 Å². The van der Waals surface area contributed by atoms with Crippen molar-refractivity contribution in [3.63, 3.8) is 0 Å². The molecule has 0 bridgehead atoms. The van der Waals surface area contributed by atoms with Crippen LogP contribution in [0.1, 0.15) is 18.0 Å². The zero-order valence-corrected chi connectivity index (χ0v) is 16.0. The number of amides is 3. The Hall–Kier alpha value is -3.06. The van der Waals surface area contributed by atoms with Gasteiger partial charge in [-0.3, -0.25) is 4.79 Å². The van der Waals surface area contributed by atoms with E-state index in [1.54, 1.807) is 0 Å². The summed E-state index contributed by atoms with van der Waals surface area (Å²) in [6.07, 6.45) is 0.154. The number of rotatable bonds is 6. The number of ether oxygens (including phenoxy) is 1. The van der Waals surface area contributed by atoms with Gasteiger partial charge in [0.05, 0.1) is 12.5 Å². The van der Waals surface area contributed by atoms with Gasteiger partial charge in [-0.25, -0.2) is 4.79 Å². The van der Waals surface area contributed by atoms with Crippen molar-refractivity contribution < 1.29 is 14.3 Å². The highest BCUT2D eigenvalue weighted by molar-refractivity contribution is 5.79. The molecule has 1 fully saturated rings. The lowest BCUT2D eigenvalue weighted by molar-refractivity contribution is -0.133. The summed E-state index contributed by atoms with van der Waals surface area (Å²) in [6, 6.07) is 15.6. The fourth-order valence-corrected chi connectivity index (χ4v) is 3.20. The number of piperazine rings is 1. The molecule has 3 amide bonds. The zero-order chi connectivity index (χ0) is 19.9. The summed E-state index contributed by atoms with van der Waals surface area (Å²) < 4.78 is 5.86. The van der Waals surface area contributed by atoms with Crippen LogP contribution in [0, 0.1) is 0 Å². The molecule has 0 saturated carbocycles. The third-order valence-corrected chi connectivity index (χ3v) is 4.79. The molecule has 1 aliphatic rings. The first kappa shape index (κ1) is 19.7. The Kier molecular flexibility index (Phi) is 6.49. The van der Waals surface area contributed by atoms with Crippen LogP contribution < -0.4 is 15.8 Å². The Bertz CT molecular complexity index is 804. The average molecular weight is 382 g/mol. The number of carbonyl (C=O) groups excluding carboxylic acids is 2. The summed E-state index contributed by atoms with van der Waals surface area (Å²) in [6.45, 7) is 3.08. The minimum atomic E-state index is -0.662. The van der Waals surface area contributed by atoms with E-state index in [0.717, 1.165) is 18.7 Å². The largest absolute Gasteiger partial charge is 0.457 e. The molecule has 3 N–H and O–H groups in total. The zero-order valence-electron chi connectivity index (χ0n) is 16.0. The van der Waals surface area contributed by atoms with Crippen LogP contribution in [0.25, 0.3) is 0 Å². The third kappa shape index (κ3) is 5.47. The van der Waals surface area contributed by atoms with E-state index in [4.69, 9.17) is 10.5 Å². The van der Waals surface area contributed by atoms with E-state index in [-0.39, 0.29) is 12.3 Å². The molecule has 0 spiro atoms. The number of nitrogens with zero attached hydrogens (tertiary/aromatic N) is 2. The van der Waals surface area contributed by atoms with Gasteiger partial charge in [0.1, 0.15) is 11.5 Å². The fourth-order valence-electron chi connectivity index (χ4n) is 3.20. The molecule has 1 saturated heterocycles. The lowest BCUT2D eigenvalue weighted by Crippen LogP contribution is -2.48. The molecule has 148 valence electrons. The second-order valence-electron chi connectivity index (χ2n) is 6.94. The molecule has 1 heterocycles. The van der Waals surface area contributed by atoms with E-state index < -0.39 is 12.1 Å². The molecule has 1 unspecified atom stereocenters.